The lowest BCUT2D eigenvalue weighted by molar-refractivity contribution is 0.0956. The van der Waals surface area contributed by atoms with E-state index in [1.54, 1.807) is 6.20 Å². The monoisotopic (exact) mass is 340 g/mol. The Labute approximate surface area is 147 Å². The first-order valence-electron chi connectivity index (χ1n) is 8.96. The number of aryl methyl sites for hydroxylation is 1. The van der Waals surface area contributed by atoms with Crippen molar-refractivity contribution in [2.45, 2.75) is 45.4 Å². The summed E-state index contributed by atoms with van der Waals surface area (Å²) >= 11 is 0. The van der Waals surface area contributed by atoms with Gasteiger partial charge >= 0.3 is 0 Å². The number of anilines is 1. The summed E-state index contributed by atoms with van der Waals surface area (Å²) in [7, 11) is 0. The van der Waals surface area contributed by atoms with Crippen LogP contribution in [0.2, 0.25) is 0 Å². The second-order valence-electron chi connectivity index (χ2n) is 6.37. The fourth-order valence-corrected chi connectivity index (χ4v) is 3.09. The minimum atomic E-state index is -0.260. The zero-order chi connectivity index (χ0) is 17.6. The summed E-state index contributed by atoms with van der Waals surface area (Å²) in [5, 5.41) is 2.85. The van der Waals surface area contributed by atoms with Crippen molar-refractivity contribution in [3.8, 4) is 5.75 Å². The van der Waals surface area contributed by atoms with Crippen LogP contribution in [-0.4, -0.2) is 23.3 Å². The van der Waals surface area contributed by atoms with E-state index in [1.807, 2.05) is 24.3 Å². The zero-order valence-electron chi connectivity index (χ0n) is 14.6. The first kappa shape index (κ1) is 17.3. The molecule has 2 N–H and O–H groups in total. The van der Waals surface area contributed by atoms with Gasteiger partial charge < -0.3 is 15.0 Å². The number of hydrogen-bond acceptors (Lipinski definition) is 3. The summed E-state index contributed by atoms with van der Waals surface area (Å²) in [5.74, 6) is 0.580. The second kappa shape index (κ2) is 8.01. The van der Waals surface area contributed by atoms with E-state index in [9.17, 15) is 9.59 Å². The van der Waals surface area contributed by atoms with Crippen molar-refractivity contribution in [3.05, 3.63) is 47.3 Å². The number of amides is 1. The molecule has 0 bridgehead atoms. The maximum atomic E-state index is 12.5. The van der Waals surface area contributed by atoms with E-state index in [0.717, 1.165) is 37.1 Å². The number of unbranched alkanes of at least 4 members (excludes halogenated alkanes) is 2. The maximum Gasteiger partial charge on any atom is 0.257 e. The topological polar surface area (TPSA) is 71.2 Å². The molecule has 1 aliphatic rings. The number of ether oxygens (including phenoxy) is 1. The van der Waals surface area contributed by atoms with Gasteiger partial charge in [-0.3, -0.25) is 9.59 Å². The fraction of sp³-hybridized carbons (Fsp3) is 0.400. The third kappa shape index (κ3) is 4.10. The molecule has 2 aromatic rings. The van der Waals surface area contributed by atoms with Crippen LogP contribution in [0, 0.1) is 0 Å². The van der Waals surface area contributed by atoms with Gasteiger partial charge in [0, 0.05) is 24.0 Å². The number of benzene rings is 1. The Balaban J connectivity index is 1.62. The van der Waals surface area contributed by atoms with Gasteiger partial charge in [0.2, 0.25) is 0 Å². The van der Waals surface area contributed by atoms with Gasteiger partial charge in [0.25, 0.3) is 5.91 Å². The number of Topliss-reactive ketones (excluding diaryl/α,β-unsaturated/α-hetero) is 1. The molecule has 3 rings (SSSR count). The molecule has 5 nitrogen and oxygen atoms in total. The molecule has 1 heterocycles. The maximum absolute atomic E-state index is 12.5. The normalized spacial score (nSPS) is 13.4. The molecule has 0 saturated heterocycles. The molecule has 0 atom stereocenters. The van der Waals surface area contributed by atoms with Gasteiger partial charge in [-0.25, -0.2) is 0 Å². The number of hydrogen-bond donors (Lipinski definition) is 2. The highest BCUT2D eigenvalue weighted by Crippen LogP contribution is 2.25. The second-order valence-corrected chi connectivity index (χ2v) is 6.37. The average molecular weight is 340 g/mol. The Bertz CT molecular complexity index is 747. The van der Waals surface area contributed by atoms with E-state index < -0.39 is 0 Å². The Morgan fingerprint density at radius 3 is 2.76 bits per heavy atom. The summed E-state index contributed by atoms with van der Waals surface area (Å²) in [6.07, 6.45) is 7.17. The van der Waals surface area contributed by atoms with Crippen LogP contribution >= 0.6 is 0 Å². The Hall–Kier alpha value is -2.56. The third-order valence-corrected chi connectivity index (χ3v) is 4.44. The van der Waals surface area contributed by atoms with Crippen molar-refractivity contribution in [1.29, 1.82) is 0 Å². The number of H-pyrrole nitrogens is 1. The number of carbonyl (C=O) groups is 2. The van der Waals surface area contributed by atoms with E-state index >= 15 is 0 Å². The summed E-state index contributed by atoms with van der Waals surface area (Å²) < 4.78 is 5.67. The highest BCUT2D eigenvalue weighted by atomic mass is 16.5. The fourth-order valence-electron chi connectivity index (χ4n) is 3.09. The number of ketones is 1. The zero-order valence-corrected chi connectivity index (χ0v) is 14.6. The van der Waals surface area contributed by atoms with Crippen LogP contribution in [0.1, 0.15) is 65.4 Å². The molecule has 0 radical (unpaired) electrons. The highest BCUT2D eigenvalue weighted by Gasteiger charge is 2.25. The van der Waals surface area contributed by atoms with E-state index in [1.165, 1.54) is 6.42 Å². The average Bonchev–Trinajstić information content (AvgIpc) is 3.06. The Kier molecular flexibility index (Phi) is 5.53. The van der Waals surface area contributed by atoms with Gasteiger partial charge in [0.1, 0.15) is 5.75 Å². The molecule has 1 aromatic heterocycles. The molecular formula is C20H24N2O3. The molecule has 25 heavy (non-hydrogen) atoms. The number of aromatic amines is 1. The van der Waals surface area contributed by atoms with Gasteiger partial charge in [-0.1, -0.05) is 19.8 Å². The van der Waals surface area contributed by atoms with Gasteiger partial charge in [-0.15, -0.1) is 0 Å². The van der Waals surface area contributed by atoms with Crippen molar-refractivity contribution >= 4 is 17.4 Å². The quantitative estimate of drug-likeness (QED) is 0.736. The van der Waals surface area contributed by atoms with Gasteiger partial charge in [-0.2, -0.15) is 0 Å². The van der Waals surface area contributed by atoms with Crippen molar-refractivity contribution < 1.29 is 14.3 Å². The predicted octanol–water partition coefficient (Wildman–Crippen LogP) is 4.36. The standard InChI is InChI=1S/C20H24N2O3/c1-2-3-4-12-25-15-10-8-14(9-11-15)22-20(24)16-13-21-17-6-5-7-18(23)19(16)17/h8-11,13,21H,2-7,12H2,1H3,(H,22,24). The van der Waals surface area contributed by atoms with E-state index in [2.05, 4.69) is 17.2 Å². The molecule has 0 unspecified atom stereocenters. The van der Waals surface area contributed by atoms with E-state index in [0.29, 0.717) is 29.8 Å². The molecule has 5 heteroatoms. The van der Waals surface area contributed by atoms with Crippen LogP contribution < -0.4 is 10.1 Å². The van der Waals surface area contributed by atoms with Crippen LogP contribution in [0.15, 0.2) is 30.5 Å². The Morgan fingerprint density at radius 2 is 2.00 bits per heavy atom. The van der Waals surface area contributed by atoms with Crippen LogP contribution in [0.4, 0.5) is 5.69 Å². The number of nitrogens with one attached hydrogen (secondary N) is 2. The summed E-state index contributed by atoms with van der Waals surface area (Å²) in [6.45, 7) is 2.86. The van der Waals surface area contributed by atoms with Crippen LogP contribution in [0.3, 0.4) is 0 Å². The van der Waals surface area contributed by atoms with E-state index in [4.69, 9.17) is 4.74 Å². The van der Waals surface area contributed by atoms with Crippen molar-refractivity contribution in [3.63, 3.8) is 0 Å². The van der Waals surface area contributed by atoms with Crippen molar-refractivity contribution in [1.82, 2.24) is 4.98 Å². The molecule has 0 spiro atoms. The summed E-state index contributed by atoms with van der Waals surface area (Å²) in [4.78, 5) is 27.7. The first-order valence-corrected chi connectivity index (χ1v) is 8.96. The number of rotatable bonds is 7. The van der Waals surface area contributed by atoms with Crippen LogP contribution in [-0.2, 0) is 6.42 Å². The summed E-state index contributed by atoms with van der Waals surface area (Å²) in [5.41, 5.74) is 2.54. The van der Waals surface area contributed by atoms with Crippen molar-refractivity contribution in [2.24, 2.45) is 0 Å². The lowest BCUT2D eigenvalue weighted by Crippen LogP contribution is -2.17. The summed E-state index contributed by atoms with van der Waals surface area (Å²) in [6, 6.07) is 7.32. The SMILES string of the molecule is CCCCCOc1ccc(NC(=O)c2c[nH]c3c2C(=O)CCC3)cc1. The number of fused-ring (bicyclic) bond motifs is 1. The van der Waals surface area contributed by atoms with E-state index in [-0.39, 0.29) is 11.7 Å². The van der Waals surface area contributed by atoms with Crippen molar-refractivity contribution in [2.75, 3.05) is 11.9 Å². The Morgan fingerprint density at radius 1 is 1.20 bits per heavy atom. The third-order valence-electron chi connectivity index (χ3n) is 4.44. The molecule has 1 amide bonds. The first-order chi connectivity index (χ1) is 12.2. The molecule has 1 aromatic carbocycles. The largest absolute Gasteiger partial charge is 0.494 e. The molecule has 1 aliphatic carbocycles. The highest BCUT2D eigenvalue weighted by molar-refractivity contribution is 6.13. The number of aromatic nitrogens is 1. The van der Waals surface area contributed by atoms with Crippen LogP contribution in [0.25, 0.3) is 0 Å². The minimum absolute atomic E-state index is 0.0449. The smallest absolute Gasteiger partial charge is 0.257 e. The lowest BCUT2D eigenvalue weighted by atomic mass is 9.93. The molecule has 0 saturated carbocycles. The van der Waals surface area contributed by atoms with Gasteiger partial charge in [0.15, 0.2) is 5.78 Å². The number of carbonyl (C=O) groups excluding carboxylic acids is 2. The van der Waals surface area contributed by atoms with Crippen LogP contribution in [0.5, 0.6) is 5.75 Å². The molecule has 132 valence electrons. The van der Waals surface area contributed by atoms with Gasteiger partial charge in [0.05, 0.1) is 17.7 Å². The molecule has 0 aliphatic heterocycles. The molecule has 0 fully saturated rings. The molecular weight excluding hydrogens is 316 g/mol. The predicted molar refractivity (Wildman–Crippen MR) is 97.5 cm³/mol. The minimum Gasteiger partial charge on any atom is -0.494 e. The van der Waals surface area contributed by atoms with Gasteiger partial charge in [-0.05, 0) is 43.5 Å². The lowest BCUT2D eigenvalue weighted by Gasteiger charge is -2.12.